The van der Waals surface area contributed by atoms with E-state index < -0.39 is 0 Å². The third-order valence-electron chi connectivity index (χ3n) is 3.83. The molecule has 106 valence electrons. The van der Waals surface area contributed by atoms with E-state index in [4.69, 9.17) is 0 Å². The number of carbonyl (C=O) groups is 1. The summed E-state index contributed by atoms with van der Waals surface area (Å²) in [7, 11) is 3.69. The zero-order valence-electron chi connectivity index (χ0n) is 11.7. The van der Waals surface area contributed by atoms with Gasteiger partial charge in [-0.1, -0.05) is 18.7 Å². The Morgan fingerprint density at radius 1 is 1.42 bits per heavy atom. The van der Waals surface area contributed by atoms with Gasteiger partial charge in [0.15, 0.2) is 0 Å². The van der Waals surface area contributed by atoms with Crippen LogP contribution in [0.2, 0.25) is 0 Å². The lowest BCUT2D eigenvalue weighted by Crippen LogP contribution is -2.40. The number of hydrogen-bond donors (Lipinski definition) is 0. The third-order valence-corrected chi connectivity index (χ3v) is 4.83. The van der Waals surface area contributed by atoms with Crippen LogP contribution in [0.25, 0.3) is 0 Å². The Labute approximate surface area is 117 Å². The molecule has 1 fully saturated rings. The van der Waals surface area contributed by atoms with Gasteiger partial charge in [-0.2, -0.15) is 0 Å². The average molecular weight is 283 g/mol. The van der Waals surface area contributed by atoms with Crippen LogP contribution in [0, 0.1) is 5.92 Å². The Bertz CT molecular complexity index is 428. The minimum Gasteiger partial charge on any atom is -0.342 e. The maximum atomic E-state index is 12.2. The third kappa shape index (κ3) is 3.68. The van der Waals surface area contributed by atoms with Crippen molar-refractivity contribution in [3.05, 3.63) is 0 Å². The van der Waals surface area contributed by atoms with E-state index in [1.54, 1.807) is 11.7 Å². The van der Waals surface area contributed by atoms with Gasteiger partial charge in [0.2, 0.25) is 11.1 Å². The molecule has 0 aromatic carbocycles. The van der Waals surface area contributed by atoms with Gasteiger partial charge in [0.05, 0.1) is 5.75 Å². The Morgan fingerprint density at radius 3 is 2.68 bits per heavy atom. The lowest BCUT2D eigenvalue weighted by atomic mass is 9.87. The molecule has 0 spiro atoms. The van der Waals surface area contributed by atoms with Crippen molar-refractivity contribution < 1.29 is 4.79 Å². The predicted octanol–water partition coefficient (Wildman–Crippen LogP) is 1.34. The van der Waals surface area contributed by atoms with Gasteiger partial charge >= 0.3 is 0 Å². The van der Waals surface area contributed by atoms with E-state index >= 15 is 0 Å². The van der Waals surface area contributed by atoms with E-state index in [9.17, 15) is 4.79 Å². The number of aromatic nitrogens is 4. The molecule has 0 atom stereocenters. The van der Waals surface area contributed by atoms with Crippen LogP contribution in [-0.2, 0) is 11.8 Å². The van der Waals surface area contributed by atoms with Gasteiger partial charge in [-0.25, -0.2) is 4.68 Å². The molecule has 0 N–H and O–H groups in total. The second kappa shape index (κ2) is 6.36. The van der Waals surface area contributed by atoms with Crippen LogP contribution >= 0.6 is 11.8 Å². The Kier molecular flexibility index (Phi) is 4.79. The topological polar surface area (TPSA) is 63.9 Å². The fraction of sp³-hybridized carbons (Fsp3) is 0.833. The van der Waals surface area contributed by atoms with Crippen molar-refractivity contribution >= 4 is 17.7 Å². The summed E-state index contributed by atoms with van der Waals surface area (Å²) in [4.78, 5) is 14.1. The molecule has 1 saturated carbocycles. The summed E-state index contributed by atoms with van der Waals surface area (Å²) in [5.41, 5.74) is 0. The van der Waals surface area contributed by atoms with Crippen LogP contribution in [-0.4, -0.2) is 49.9 Å². The van der Waals surface area contributed by atoms with E-state index in [2.05, 4.69) is 22.4 Å². The maximum Gasteiger partial charge on any atom is 0.233 e. The Hall–Kier alpha value is -1.11. The quantitative estimate of drug-likeness (QED) is 0.780. The molecule has 1 heterocycles. The lowest BCUT2D eigenvalue weighted by Gasteiger charge is -2.33. The standard InChI is InChI=1S/C12H21N5OS/c1-9-4-6-10(7-5-9)16(2)11(18)8-19-12-13-14-15-17(12)3/h9-10H,4-8H2,1-3H3. The van der Waals surface area contributed by atoms with Gasteiger partial charge in [-0.15, -0.1) is 5.10 Å². The summed E-state index contributed by atoms with van der Waals surface area (Å²) in [6, 6.07) is 0.405. The average Bonchev–Trinajstić information content (AvgIpc) is 2.81. The van der Waals surface area contributed by atoms with Gasteiger partial charge in [0.25, 0.3) is 0 Å². The molecule has 1 aromatic heterocycles. The molecule has 19 heavy (non-hydrogen) atoms. The van der Waals surface area contributed by atoms with Crippen LogP contribution < -0.4 is 0 Å². The summed E-state index contributed by atoms with van der Waals surface area (Å²) in [6.45, 7) is 2.29. The molecule has 1 aliphatic carbocycles. The van der Waals surface area contributed by atoms with Gasteiger partial charge in [0, 0.05) is 20.1 Å². The van der Waals surface area contributed by atoms with Crippen molar-refractivity contribution in [2.45, 2.75) is 43.8 Å². The number of rotatable bonds is 4. The highest BCUT2D eigenvalue weighted by molar-refractivity contribution is 7.99. The molecule has 0 radical (unpaired) electrons. The maximum absolute atomic E-state index is 12.2. The number of hydrogen-bond acceptors (Lipinski definition) is 5. The lowest BCUT2D eigenvalue weighted by molar-refractivity contribution is -0.129. The summed E-state index contributed by atoms with van der Waals surface area (Å²) in [5, 5.41) is 11.9. The molecule has 1 aromatic rings. The van der Waals surface area contributed by atoms with E-state index in [-0.39, 0.29) is 5.91 Å². The van der Waals surface area contributed by atoms with Crippen LogP contribution in [0.4, 0.5) is 0 Å². The number of thioether (sulfide) groups is 1. The summed E-state index contributed by atoms with van der Waals surface area (Å²) >= 11 is 1.39. The monoisotopic (exact) mass is 283 g/mol. The van der Waals surface area contributed by atoms with Crippen LogP contribution in [0.1, 0.15) is 32.6 Å². The molecule has 0 unspecified atom stereocenters. The van der Waals surface area contributed by atoms with E-state index in [0.29, 0.717) is 17.0 Å². The van der Waals surface area contributed by atoms with Crippen LogP contribution in [0.3, 0.4) is 0 Å². The van der Waals surface area contributed by atoms with Crippen LogP contribution in [0.15, 0.2) is 5.16 Å². The highest BCUT2D eigenvalue weighted by Crippen LogP contribution is 2.27. The van der Waals surface area contributed by atoms with Crippen molar-refractivity contribution in [2.24, 2.45) is 13.0 Å². The largest absolute Gasteiger partial charge is 0.342 e. The SMILES string of the molecule is CC1CCC(N(C)C(=O)CSc2nnnn2C)CC1. The van der Waals surface area contributed by atoms with E-state index in [1.165, 1.54) is 24.6 Å². The first-order valence-corrected chi connectivity index (χ1v) is 7.67. The van der Waals surface area contributed by atoms with Crippen LogP contribution in [0.5, 0.6) is 0 Å². The molecule has 6 nitrogen and oxygen atoms in total. The summed E-state index contributed by atoms with van der Waals surface area (Å²) in [6.07, 6.45) is 4.70. The molecule has 1 amide bonds. The number of tetrazole rings is 1. The minimum atomic E-state index is 0.160. The number of nitrogens with zero attached hydrogens (tertiary/aromatic N) is 5. The first-order valence-electron chi connectivity index (χ1n) is 6.68. The second-order valence-corrected chi connectivity index (χ2v) is 6.23. The molecule has 0 saturated heterocycles. The van der Waals surface area contributed by atoms with Gasteiger partial charge in [0.1, 0.15) is 0 Å². The van der Waals surface area contributed by atoms with Gasteiger partial charge in [-0.05, 0) is 42.0 Å². The highest BCUT2D eigenvalue weighted by Gasteiger charge is 2.24. The smallest absolute Gasteiger partial charge is 0.233 e. The predicted molar refractivity (Wildman–Crippen MR) is 73.7 cm³/mol. The summed E-state index contributed by atoms with van der Waals surface area (Å²) < 4.78 is 1.58. The number of amides is 1. The van der Waals surface area contributed by atoms with Gasteiger partial charge < -0.3 is 4.90 Å². The number of carbonyl (C=O) groups excluding carboxylic acids is 1. The van der Waals surface area contributed by atoms with Crippen molar-refractivity contribution in [2.75, 3.05) is 12.8 Å². The summed E-state index contributed by atoms with van der Waals surface area (Å²) in [5.74, 6) is 1.36. The second-order valence-electron chi connectivity index (χ2n) is 5.29. The molecular weight excluding hydrogens is 262 g/mol. The van der Waals surface area contributed by atoms with Gasteiger partial charge in [-0.3, -0.25) is 4.79 Å². The Morgan fingerprint density at radius 2 is 2.11 bits per heavy atom. The first kappa shape index (κ1) is 14.3. The molecule has 7 heteroatoms. The van der Waals surface area contributed by atoms with Crippen molar-refractivity contribution in [1.82, 2.24) is 25.1 Å². The van der Waals surface area contributed by atoms with Crippen molar-refractivity contribution in [1.29, 1.82) is 0 Å². The van der Waals surface area contributed by atoms with Crippen molar-refractivity contribution in [3.63, 3.8) is 0 Å². The molecule has 2 rings (SSSR count). The zero-order valence-corrected chi connectivity index (χ0v) is 12.6. The Balaban J connectivity index is 1.81. The molecule has 0 bridgehead atoms. The minimum absolute atomic E-state index is 0.160. The van der Waals surface area contributed by atoms with Crippen molar-refractivity contribution in [3.8, 4) is 0 Å². The fourth-order valence-electron chi connectivity index (χ4n) is 2.41. The fourth-order valence-corrected chi connectivity index (χ4v) is 3.18. The highest BCUT2D eigenvalue weighted by atomic mass is 32.2. The molecule has 0 aliphatic heterocycles. The van der Waals surface area contributed by atoms with E-state index in [1.807, 2.05) is 11.9 Å². The van der Waals surface area contributed by atoms with E-state index in [0.717, 1.165) is 18.8 Å². The molecular formula is C12H21N5OS. The first-order chi connectivity index (χ1) is 9.08. The normalized spacial score (nSPS) is 23.3. The molecule has 1 aliphatic rings. The zero-order chi connectivity index (χ0) is 13.8. The number of aryl methyl sites for hydroxylation is 1.